The molecule has 6 nitrogen and oxygen atoms in total. The Morgan fingerprint density at radius 3 is 1.84 bits per heavy atom. The molecule has 0 radical (unpaired) electrons. The van der Waals surface area contributed by atoms with E-state index < -0.39 is 0 Å². The van der Waals surface area contributed by atoms with Crippen molar-refractivity contribution < 1.29 is 8.83 Å². The second kappa shape index (κ2) is 10.7. The predicted octanol–water partition coefficient (Wildman–Crippen LogP) is 11.8. The Hall–Kier alpha value is -7.05. The molecule has 0 aliphatic heterocycles. The molecule has 0 bridgehead atoms. The summed E-state index contributed by atoms with van der Waals surface area (Å²) >= 11 is 0. The van der Waals surface area contributed by atoms with Crippen LogP contribution in [0.5, 0.6) is 0 Å². The van der Waals surface area contributed by atoms with Crippen LogP contribution in [-0.2, 0) is 0 Å². The lowest BCUT2D eigenvalue weighted by molar-refractivity contribution is 0.668. The molecule has 0 amide bonds. The van der Waals surface area contributed by atoms with Gasteiger partial charge in [0, 0.05) is 49.0 Å². The lowest BCUT2D eigenvalue weighted by Crippen LogP contribution is -2.06. The van der Waals surface area contributed by atoms with Crippen molar-refractivity contribution in [2.75, 3.05) is 0 Å². The Balaban J connectivity index is 1.16. The van der Waals surface area contributed by atoms with E-state index >= 15 is 0 Å². The lowest BCUT2D eigenvalue weighted by Gasteiger charge is -2.11. The van der Waals surface area contributed by atoms with E-state index in [1.54, 1.807) is 0 Å². The van der Waals surface area contributed by atoms with E-state index in [1.165, 1.54) is 0 Å². The minimum Gasteiger partial charge on any atom is -0.456 e. The van der Waals surface area contributed by atoms with Gasteiger partial charge in [-0.2, -0.15) is 9.97 Å². The van der Waals surface area contributed by atoms with Crippen LogP contribution in [0.25, 0.3) is 106 Å². The van der Waals surface area contributed by atoms with E-state index in [-0.39, 0.29) is 0 Å². The third-order valence-electron chi connectivity index (χ3n) is 9.89. The van der Waals surface area contributed by atoms with E-state index in [0.29, 0.717) is 17.6 Å². The molecular formula is C45H26N4O2. The van der Waals surface area contributed by atoms with Crippen LogP contribution in [0.2, 0.25) is 0 Å². The molecule has 6 heteroatoms. The van der Waals surface area contributed by atoms with Crippen molar-refractivity contribution in [2.45, 2.75) is 0 Å². The zero-order valence-corrected chi connectivity index (χ0v) is 27.1. The Morgan fingerprint density at radius 1 is 0.392 bits per heavy atom. The van der Waals surface area contributed by atoms with Gasteiger partial charge in [0.25, 0.3) is 0 Å². The molecule has 0 atom stereocenters. The van der Waals surface area contributed by atoms with Crippen LogP contribution in [0, 0.1) is 0 Å². The van der Waals surface area contributed by atoms with Crippen molar-refractivity contribution in [3.63, 3.8) is 0 Å². The molecule has 51 heavy (non-hydrogen) atoms. The topological polar surface area (TPSA) is 69.9 Å². The highest BCUT2D eigenvalue weighted by atomic mass is 16.3. The summed E-state index contributed by atoms with van der Waals surface area (Å²) in [6.07, 6.45) is 0. The van der Waals surface area contributed by atoms with Crippen molar-refractivity contribution in [3.8, 4) is 39.9 Å². The maximum Gasteiger partial charge on any atom is 0.238 e. The van der Waals surface area contributed by atoms with E-state index in [9.17, 15) is 0 Å². The summed E-state index contributed by atoms with van der Waals surface area (Å²) in [7, 11) is 0. The van der Waals surface area contributed by atoms with Crippen molar-refractivity contribution in [2.24, 2.45) is 0 Å². The summed E-state index contributed by atoms with van der Waals surface area (Å²) in [5.74, 6) is 1.73. The first-order valence-corrected chi connectivity index (χ1v) is 16.9. The van der Waals surface area contributed by atoms with Gasteiger partial charge in [-0.25, -0.2) is 4.98 Å². The number of nitrogens with zero attached hydrogens (tertiary/aromatic N) is 4. The number of benzene rings is 7. The van der Waals surface area contributed by atoms with Gasteiger partial charge in [-0.3, -0.25) is 4.57 Å². The van der Waals surface area contributed by atoms with Gasteiger partial charge in [-0.1, -0.05) is 121 Å². The third-order valence-corrected chi connectivity index (χ3v) is 9.89. The number of aromatic nitrogens is 4. The molecule has 0 N–H and O–H groups in total. The standard InChI is InChI=1S/C45H26N4O2/c1-2-12-27(13-3-1)43-46-44(48-45(47-43)49-36-20-7-4-14-30(36)31-15-5-8-21-37(31)49)34-19-11-23-40-41(34)33-18-10-17-29(42(33)51-40)28-24-25-39-35(26-28)32-16-6-9-22-38(32)50-39/h1-26H. The largest absolute Gasteiger partial charge is 0.456 e. The molecular weight excluding hydrogens is 629 g/mol. The van der Waals surface area contributed by atoms with Crippen LogP contribution >= 0.6 is 0 Å². The molecule has 0 saturated heterocycles. The average molecular weight is 655 g/mol. The average Bonchev–Trinajstić information content (AvgIpc) is 3.87. The first-order chi connectivity index (χ1) is 25.3. The summed E-state index contributed by atoms with van der Waals surface area (Å²) in [5, 5.41) is 6.42. The van der Waals surface area contributed by atoms with Gasteiger partial charge in [0.05, 0.1) is 11.0 Å². The molecule has 4 aromatic heterocycles. The maximum absolute atomic E-state index is 6.71. The molecule has 0 aliphatic carbocycles. The van der Waals surface area contributed by atoms with Crippen molar-refractivity contribution >= 4 is 65.7 Å². The Morgan fingerprint density at radius 2 is 1.02 bits per heavy atom. The van der Waals surface area contributed by atoms with E-state index in [2.05, 4.69) is 95.6 Å². The van der Waals surface area contributed by atoms with Crippen LogP contribution in [0.3, 0.4) is 0 Å². The van der Waals surface area contributed by atoms with Crippen molar-refractivity contribution in [1.29, 1.82) is 0 Å². The fourth-order valence-electron chi connectivity index (χ4n) is 7.59. The molecule has 0 unspecified atom stereocenters. The first-order valence-electron chi connectivity index (χ1n) is 16.9. The summed E-state index contributed by atoms with van der Waals surface area (Å²) in [6.45, 7) is 0. The number of para-hydroxylation sites is 4. The van der Waals surface area contributed by atoms with Crippen LogP contribution in [0.1, 0.15) is 0 Å². The van der Waals surface area contributed by atoms with Crippen LogP contribution < -0.4 is 0 Å². The highest BCUT2D eigenvalue weighted by Crippen LogP contribution is 2.42. The van der Waals surface area contributed by atoms with Crippen molar-refractivity contribution in [3.05, 3.63) is 158 Å². The number of fused-ring (bicyclic) bond motifs is 9. The second-order valence-corrected chi connectivity index (χ2v) is 12.8. The van der Waals surface area contributed by atoms with Gasteiger partial charge in [0.2, 0.25) is 5.95 Å². The molecule has 4 heterocycles. The zero-order chi connectivity index (χ0) is 33.5. The number of rotatable bonds is 4. The van der Waals surface area contributed by atoms with Gasteiger partial charge < -0.3 is 8.83 Å². The zero-order valence-electron chi connectivity index (χ0n) is 27.1. The van der Waals surface area contributed by atoms with Gasteiger partial charge in [-0.15, -0.1) is 0 Å². The second-order valence-electron chi connectivity index (χ2n) is 12.8. The monoisotopic (exact) mass is 654 g/mol. The normalized spacial score (nSPS) is 11.9. The molecule has 11 aromatic rings. The molecule has 0 aliphatic rings. The van der Waals surface area contributed by atoms with Crippen LogP contribution in [0.4, 0.5) is 0 Å². The summed E-state index contributed by atoms with van der Waals surface area (Å²) < 4.78 is 15.0. The Kier molecular flexibility index (Phi) is 5.86. The quantitative estimate of drug-likeness (QED) is 0.189. The minimum absolute atomic E-state index is 0.558. The fraction of sp³-hybridized carbons (Fsp3) is 0. The molecule has 7 aromatic carbocycles. The van der Waals surface area contributed by atoms with Gasteiger partial charge in [0.15, 0.2) is 11.6 Å². The third kappa shape index (κ3) is 4.20. The van der Waals surface area contributed by atoms with Crippen LogP contribution in [0.15, 0.2) is 167 Å². The van der Waals surface area contributed by atoms with E-state index in [1.807, 2.05) is 66.7 Å². The molecule has 238 valence electrons. The first kappa shape index (κ1) is 27.9. The van der Waals surface area contributed by atoms with Crippen molar-refractivity contribution in [1.82, 2.24) is 19.5 Å². The maximum atomic E-state index is 6.71. The minimum atomic E-state index is 0.558. The van der Waals surface area contributed by atoms with E-state index in [4.69, 9.17) is 23.8 Å². The number of hydrogen-bond donors (Lipinski definition) is 0. The predicted molar refractivity (Wildman–Crippen MR) is 205 cm³/mol. The van der Waals surface area contributed by atoms with Gasteiger partial charge in [-0.05, 0) is 42.0 Å². The Bertz CT molecular complexity index is 3100. The van der Waals surface area contributed by atoms with Crippen LogP contribution in [-0.4, -0.2) is 19.5 Å². The fourth-order valence-corrected chi connectivity index (χ4v) is 7.59. The molecule has 0 spiro atoms. The number of hydrogen-bond acceptors (Lipinski definition) is 5. The summed E-state index contributed by atoms with van der Waals surface area (Å²) in [6, 6.07) is 53.8. The Labute approximate surface area is 290 Å². The SMILES string of the molecule is c1ccc(-c2nc(-c3cccc4oc5c(-c6ccc7oc8ccccc8c7c6)cccc5c34)nc(-n3c4ccccc4c4ccccc43)n2)cc1. The van der Waals surface area contributed by atoms with Gasteiger partial charge >= 0.3 is 0 Å². The lowest BCUT2D eigenvalue weighted by atomic mass is 9.99. The molecule has 11 rings (SSSR count). The smallest absolute Gasteiger partial charge is 0.238 e. The summed E-state index contributed by atoms with van der Waals surface area (Å²) in [4.78, 5) is 15.5. The summed E-state index contributed by atoms with van der Waals surface area (Å²) in [5.41, 5.74) is 9.25. The van der Waals surface area contributed by atoms with E-state index in [0.717, 1.165) is 87.9 Å². The van der Waals surface area contributed by atoms with Gasteiger partial charge in [0.1, 0.15) is 22.3 Å². The highest BCUT2D eigenvalue weighted by Gasteiger charge is 2.21. The molecule has 0 fully saturated rings. The number of furan rings is 2. The molecule has 0 saturated carbocycles. The highest BCUT2D eigenvalue weighted by molar-refractivity contribution is 6.16.